The van der Waals surface area contributed by atoms with E-state index in [1.165, 1.54) is 17.1 Å². The summed E-state index contributed by atoms with van der Waals surface area (Å²) in [4.78, 5) is 17.0. The number of anilines is 1. The summed E-state index contributed by atoms with van der Waals surface area (Å²) in [6, 6.07) is 20.3. The van der Waals surface area contributed by atoms with Crippen molar-refractivity contribution in [1.29, 1.82) is 0 Å². The maximum absolute atomic E-state index is 12.9. The number of nitrogens with two attached hydrogens (primary N) is 1. The molecular weight excluding hydrogens is 537 g/mol. The van der Waals surface area contributed by atoms with Gasteiger partial charge in [-0.3, -0.25) is 4.79 Å². The number of halogens is 2. The molecule has 12 heteroatoms. The van der Waals surface area contributed by atoms with Crippen LogP contribution in [0.2, 0.25) is 10.2 Å². The van der Waals surface area contributed by atoms with Crippen LogP contribution in [0.3, 0.4) is 0 Å². The summed E-state index contributed by atoms with van der Waals surface area (Å²) >= 11 is 12.7. The molecule has 0 saturated heterocycles. The Hall–Kier alpha value is -4.67. The number of pyridine rings is 1. The van der Waals surface area contributed by atoms with Crippen molar-refractivity contribution in [2.45, 2.75) is 5.92 Å². The minimum Gasteiger partial charge on any atom is -0.384 e. The Morgan fingerprint density at radius 1 is 1.05 bits per heavy atom. The number of hydrogen-bond donors (Lipinski definition) is 2. The molecular formula is C27H21Cl2N9O. The SMILES string of the molecule is Nc1ccc(-c2cc(C(CNC(=O)/C=C/c3cc(Cl)ccc3-n3cnnn3)c3ccccc3)c(Cl)nn2)cn1. The molecule has 194 valence electrons. The lowest BCUT2D eigenvalue weighted by molar-refractivity contribution is -0.116. The zero-order valence-corrected chi connectivity index (χ0v) is 21.8. The van der Waals surface area contributed by atoms with Gasteiger partial charge in [0.1, 0.15) is 12.1 Å². The highest BCUT2D eigenvalue weighted by Crippen LogP contribution is 2.31. The van der Waals surface area contributed by atoms with Gasteiger partial charge in [0, 0.05) is 46.4 Å². The molecule has 0 bridgehead atoms. The highest BCUT2D eigenvalue weighted by Gasteiger charge is 2.20. The third-order valence-corrected chi connectivity index (χ3v) is 6.44. The summed E-state index contributed by atoms with van der Waals surface area (Å²) < 4.78 is 1.49. The lowest BCUT2D eigenvalue weighted by Gasteiger charge is -2.19. The van der Waals surface area contributed by atoms with Gasteiger partial charge in [-0.05, 0) is 58.5 Å². The lowest BCUT2D eigenvalue weighted by atomic mass is 9.91. The molecule has 2 aromatic carbocycles. The fraction of sp³-hybridized carbons (Fsp3) is 0.0741. The standard InChI is InChI=1S/C27H21Cl2N9O/c28-20-8-9-24(38-16-33-36-37-38)18(12-20)7-11-26(39)32-15-22(17-4-2-1-3-5-17)21-13-23(34-35-27(21)29)19-6-10-25(30)31-14-19/h1-14,16,22H,15H2,(H2,30,31)(H,32,39)/b11-7+. The summed E-state index contributed by atoms with van der Waals surface area (Å²) in [5.41, 5.74) is 10.1. The van der Waals surface area contributed by atoms with E-state index in [0.29, 0.717) is 33.3 Å². The number of nitrogens with zero attached hydrogens (tertiary/aromatic N) is 7. The van der Waals surface area contributed by atoms with Crippen molar-refractivity contribution in [3.8, 4) is 16.9 Å². The fourth-order valence-electron chi connectivity index (χ4n) is 3.99. The van der Waals surface area contributed by atoms with Crippen LogP contribution in [0.15, 0.2) is 85.3 Å². The summed E-state index contributed by atoms with van der Waals surface area (Å²) in [5, 5.41) is 23.4. The molecule has 0 aliphatic rings. The average Bonchev–Trinajstić information content (AvgIpc) is 3.49. The molecule has 1 unspecified atom stereocenters. The molecule has 3 aromatic heterocycles. The van der Waals surface area contributed by atoms with E-state index in [9.17, 15) is 4.79 Å². The summed E-state index contributed by atoms with van der Waals surface area (Å²) in [5.74, 6) is -0.198. The van der Waals surface area contributed by atoms with E-state index in [1.54, 1.807) is 36.5 Å². The minimum atomic E-state index is -0.306. The third kappa shape index (κ3) is 6.25. The average molecular weight is 558 g/mol. The third-order valence-electron chi connectivity index (χ3n) is 5.92. The van der Waals surface area contributed by atoms with Gasteiger partial charge in [-0.2, -0.15) is 4.68 Å². The van der Waals surface area contributed by atoms with Crippen molar-refractivity contribution in [1.82, 2.24) is 40.7 Å². The van der Waals surface area contributed by atoms with Gasteiger partial charge in [0.2, 0.25) is 5.91 Å². The van der Waals surface area contributed by atoms with Crippen LogP contribution in [0.4, 0.5) is 5.82 Å². The van der Waals surface area contributed by atoms with Crippen molar-refractivity contribution < 1.29 is 4.79 Å². The van der Waals surface area contributed by atoms with Crippen LogP contribution < -0.4 is 11.1 Å². The van der Waals surface area contributed by atoms with Crippen LogP contribution in [0, 0.1) is 0 Å². The molecule has 10 nitrogen and oxygen atoms in total. The van der Waals surface area contributed by atoms with E-state index < -0.39 is 0 Å². The second-order valence-corrected chi connectivity index (χ2v) is 9.24. The molecule has 0 spiro atoms. The quantitative estimate of drug-likeness (QED) is 0.268. The van der Waals surface area contributed by atoms with Crippen molar-refractivity contribution in [3.63, 3.8) is 0 Å². The largest absolute Gasteiger partial charge is 0.384 e. The monoisotopic (exact) mass is 557 g/mol. The van der Waals surface area contributed by atoms with Crippen LogP contribution in [0.5, 0.6) is 0 Å². The minimum absolute atomic E-state index is 0.241. The zero-order valence-electron chi connectivity index (χ0n) is 20.3. The highest BCUT2D eigenvalue weighted by atomic mass is 35.5. The molecule has 5 rings (SSSR count). The van der Waals surface area contributed by atoms with Crippen LogP contribution in [0.25, 0.3) is 23.0 Å². The highest BCUT2D eigenvalue weighted by molar-refractivity contribution is 6.31. The van der Waals surface area contributed by atoms with Gasteiger partial charge in [0.25, 0.3) is 0 Å². The van der Waals surface area contributed by atoms with Gasteiger partial charge in [0.05, 0.1) is 11.4 Å². The van der Waals surface area contributed by atoms with E-state index in [-0.39, 0.29) is 23.5 Å². The molecule has 0 radical (unpaired) electrons. The zero-order chi connectivity index (χ0) is 27.2. The Kier molecular flexibility index (Phi) is 7.86. The molecule has 0 aliphatic heterocycles. The first-order valence-electron chi connectivity index (χ1n) is 11.8. The Morgan fingerprint density at radius 2 is 1.90 bits per heavy atom. The van der Waals surface area contributed by atoms with Crippen LogP contribution in [-0.2, 0) is 4.79 Å². The number of rotatable bonds is 8. The first-order valence-corrected chi connectivity index (χ1v) is 12.5. The molecule has 39 heavy (non-hydrogen) atoms. The number of aromatic nitrogens is 7. The molecule has 0 fully saturated rings. The molecule has 5 aromatic rings. The second kappa shape index (κ2) is 11.8. The molecule has 0 saturated carbocycles. The summed E-state index contributed by atoms with van der Waals surface area (Å²) in [6.45, 7) is 0.257. The van der Waals surface area contributed by atoms with E-state index >= 15 is 0 Å². The predicted molar refractivity (Wildman–Crippen MR) is 149 cm³/mol. The van der Waals surface area contributed by atoms with E-state index in [4.69, 9.17) is 28.9 Å². The van der Waals surface area contributed by atoms with Crippen molar-refractivity contribution in [3.05, 3.63) is 112 Å². The Balaban J connectivity index is 1.40. The number of benzene rings is 2. The number of amides is 1. The molecule has 3 N–H and O–H groups in total. The topological polar surface area (TPSA) is 137 Å². The van der Waals surface area contributed by atoms with Gasteiger partial charge in [0.15, 0.2) is 5.15 Å². The normalized spacial score (nSPS) is 11.9. The Bertz CT molecular complexity index is 1610. The first-order chi connectivity index (χ1) is 19.0. The predicted octanol–water partition coefficient (Wildman–Crippen LogP) is 4.36. The van der Waals surface area contributed by atoms with Gasteiger partial charge < -0.3 is 11.1 Å². The molecule has 1 amide bonds. The number of hydrogen-bond acceptors (Lipinski definition) is 8. The Morgan fingerprint density at radius 3 is 2.64 bits per heavy atom. The van der Waals surface area contributed by atoms with Crippen molar-refractivity contribution in [2.24, 2.45) is 0 Å². The van der Waals surface area contributed by atoms with Gasteiger partial charge >= 0.3 is 0 Å². The summed E-state index contributed by atoms with van der Waals surface area (Å²) in [7, 11) is 0. The first kappa shape index (κ1) is 26.0. The Labute approximate surface area is 233 Å². The van der Waals surface area contributed by atoms with E-state index in [0.717, 1.165) is 11.1 Å². The summed E-state index contributed by atoms with van der Waals surface area (Å²) in [6.07, 6.45) is 6.18. The van der Waals surface area contributed by atoms with Crippen molar-refractivity contribution in [2.75, 3.05) is 12.3 Å². The maximum atomic E-state index is 12.9. The number of nitrogens with one attached hydrogen (secondary N) is 1. The van der Waals surface area contributed by atoms with Gasteiger partial charge in [-0.15, -0.1) is 15.3 Å². The van der Waals surface area contributed by atoms with E-state index in [2.05, 4.69) is 36.0 Å². The van der Waals surface area contributed by atoms with Gasteiger partial charge in [-0.1, -0.05) is 53.5 Å². The number of carbonyl (C=O) groups is 1. The van der Waals surface area contributed by atoms with Crippen LogP contribution >= 0.6 is 23.2 Å². The van der Waals surface area contributed by atoms with E-state index in [1.807, 2.05) is 42.5 Å². The smallest absolute Gasteiger partial charge is 0.244 e. The maximum Gasteiger partial charge on any atom is 0.244 e. The van der Waals surface area contributed by atoms with Crippen molar-refractivity contribution >= 4 is 41.0 Å². The number of nitrogen functional groups attached to an aromatic ring is 1. The molecule has 1 atom stereocenters. The van der Waals surface area contributed by atoms with Gasteiger partial charge in [-0.25, -0.2) is 4.98 Å². The lowest BCUT2D eigenvalue weighted by Crippen LogP contribution is -2.27. The number of carbonyl (C=O) groups excluding carboxylic acids is 1. The second-order valence-electron chi connectivity index (χ2n) is 8.45. The molecule has 0 aliphatic carbocycles. The fourth-order valence-corrected chi connectivity index (χ4v) is 4.40. The van der Waals surface area contributed by atoms with Crippen LogP contribution in [-0.4, -0.2) is 47.8 Å². The number of tetrazole rings is 1. The molecule has 3 heterocycles. The van der Waals surface area contributed by atoms with Crippen LogP contribution in [0.1, 0.15) is 22.6 Å².